The van der Waals surface area contributed by atoms with Crippen LogP contribution in [0.15, 0.2) is 4.34 Å². The van der Waals surface area contributed by atoms with E-state index < -0.39 is 0 Å². The van der Waals surface area contributed by atoms with E-state index in [1.807, 2.05) is 0 Å². The second-order valence-corrected chi connectivity index (χ2v) is 9.53. The molecule has 132 valence electrons. The van der Waals surface area contributed by atoms with Crippen molar-refractivity contribution in [3.8, 4) is 0 Å². The quantitative estimate of drug-likeness (QED) is 0.649. The van der Waals surface area contributed by atoms with Gasteiger partial charge in [0.2, 0.25) is 11.0 Å². The summed E-state index contributed by atoms with van der Waals surface area (Å²) in [4.78, 5) is 12.0. The summed E-state index contributed by atoms with van der Waals surface area (Å²) in [7, 11) is 0. The number of nitrogens with zero attached hydrogens (tertiary/aromatic N) is 2. The van der Waals surface area contributed by atoms with E-state index in [-0.39, 0.29) is 17.5 Å². The highest BCUT2D eigenvalue weighted by molar-refractivity contribution is 8.01. The van der Waals surface area contributed by atoms with Crippen LogP contribution in [0.5, 0.6) is 0 Å². The smallest absolute Gasteiger partial charge is 0.230 e. The van der Waals surface area contributed by atoms with Gasteiger partial charge in [-0.2, -0.15) is 0 Å². The minimum absolute atomic E-state index is 0.0374. The molecule has 1 rings (SSSR count). The van der Waals surface area contributed by atoms with Gasteiger partial charge in [-0.3, -0.25) is 4.79 Å². The molecule has 0 aliphatic heterocycles. The molecule has 2 N–H and O–H groups in total. The highest BCUT2D eigenvalue weighted by Crippen LogP contribution is 2.27. The fraction of sp³-hybridized carbons (Fsp3) is 0.812. The van der Waals surface area contributed by atoms with E-state index in [4.69, 9.17) is 0 Å². The SMILES string of the molecule is CC(C)CCCC(C)NC(=O)CSc1nnc(NC(C)(C)C)s1. The first kappa shape index (κ1) is 20.2. The Bertz CT molecular complexity index is 483. The molecule has 1 aromatic rings. The highest BCUT2D eigenvalue weighted by atomic mass is 32.2. The molecule has 0 saturated heterocycles. The van der Waals surface area contributed by atoms with Crippen molar-refractivity contribution in [1.29, 1.82) is 0 Å². The largest absolute Gasteiger partial charge is 0.355 e. The van der Waals surface area contributed by atoms with Crippen molar-refractivity contribution in [1.82, 2.24) is 15.5 Å². The Morgan fingerprint density at radius 1 is 1.22 bits per heavy atom. The van der Waals surface area contributed by atoms with Gasteiger partial charge in [0.1, 0.15) is 0 Å². The number of carbonyl (C=O) groups is 1. The molecule has 1 unspecified atom stereocenters. The molecule has 0 aromatic carbocycles. The van der Waals surface area contributed by atoms with Crippen LogP contribution < -0.4 is 10.6 Å². The molecule has 1 atom stereocenters. The number of nitrogens with one attached hydrogen (secondary N) is 2. The van der Waals surface area contributed by atoms with E-state index in [0.717, 1.165) is 28.2 Å². The molecule has 0 radical (unpaired) electrons. The molecule has 7 heteroatoms. The molecule has 0 aliphatic carbocycles. The maximum Gasteiger partial charge on any atom is 0.230 e. The van der Waals surface area contributed by atoms with Gasteiger partial charge in [-0.25, -0.2) is 0 Å². The standard InChI is InChI=1S/C16H30N4OS2/c1-11(2)8-7-9-12(3)17-13(21)10-22-15-20-19-14(23-15)18-16(4,5)6/h11-12H,7-10H2,1-6H3,(H,17,21)(H,18,19). The van der Waals surface area contributed by atoms with Crippen molar-refractivity contribution >= 4 is 34.1 Å². The molecule has 23 heavy (non-hydrogen) atoms. The summed E-state index contributed by atoms with van der Waals surface area (Å²) in [5.74, 6) is 1.17. The number of anilines is 1. The van der Waals surface area contributed by atoms with Crippen LogP contribution in [0.3, 0.4) is 0 Å². The monoisotopic (exact) mass is 358 g/mol. The number of rotatable bonds is 9. The Hall–Kier alpha value is -0.820. The first-order chi connectivity index (χ1) is 10.7. The maximum absolute atomic E-state index is 12.0. The van der Waals surface area contributed by atoms with E-state index in [1.54, 1.807) is 0 Å². The van der Waals surface area contributed by atoms with Crippen molar-refractivity contribution in [3.63, 3.8) is 0 Å². The second kappa shape index (κ2) is 9.47. The summed E-state index contributed by atoms with van der Waals surface area (Å²) >= 11 is 2.93. The molecular formula is C16H30N4OS2. The molecule has 1 amide bonds. The van der Waals surface area contributed by atoms with Gasteiger partial charge in [-0.15, -0.1) is 10.2 Å². The number of hydrogen-bond donors (Lipinski definition) is 2. The van der Waals surface area contributed by atoms with Crippen molar-refractivity contribution in [3.05, 3.63) is 0 Å². The third-order valence-corrected chi connectivity index (χ3v) is 5.01. The van der Waals surface area contributed by atoms with E-state index in [0.29, 0.717) is 5.75 Å². The summed E-state index contributed by atoms with van der Waals surface area (Å²) in [5.41, 5.74) is -0.0374. The lowest BCUT2D eigenvalue weighted by Crippen LogP contribution is -2.33. The fourth-order valence-electron chi connectivity index (χ4n) is 1.99. The van der Waals surface area contributed by atoms with Crippen LogP contribution in [0.1, 0.15) is 60.8 Å². The summed E-state index contributed by atoms with van der Waals surface area (Å²) in [6, 6.07) is 0.231. The van der Waals surface area contributed by atoms with Crippen LogP contribution in [-0.4, -0.2) is 33.4 Å². The van der Waals surface area contributed by atoms with Crippen LogP contribution >= 0.6 is 23.1 Å². The zero-order valence-corrected chi connectivity index (χ0v) is 16.7. The van der Waals surface area contributed by atoms with Crippen molar-refractivity contribution < 1.29 is 4.79 Å². The molecule has 1 heterocycles. The zero-order chi connectivity index (χ0) is 17.5. The predicted octanol–water partition coefficient (Wildman–Crippen LogP) is 4.17. The Morgan fingerprint density at radius 2 is 1.91 bits per heavy atom. The number of aromatic nitrogens is 2. The Balaban J connectivity index is 2.28. The zero-order valence-electron chi connectivity index (χ0n) is 15.1. The lowest BCUT2D eigenvalue weighted by molar-refractivity contribution is -0.119. The second-order valence-electron chi connectivity index (χ2n) is 7.33. The van der Waals surface area contributed by atoms with Crippen LogP contribution in [0.4, 0.5) is 5.13 Å². The maximum atomic E-state index is 12.0. The topological polar surface area (TPSA) is 66.9 Å². The summed E-state index contributed by atoms with van der Waals surface area (Å²) in [6.45, 7) is 12.8. The molecule has 1 aromatic heterocycles. The molecule has 0 bridgehead atoms. The third kappa shape index (κ3) is 9.81. The van der Waals surface area contributed by atoms with Gasteiger partial charge in [0.25, 0.3) is 0 Å². The molecule has 0 aliphatic rings. The van der Waals surface area contributed by atoms with Crippen molar-refractivity contribution in [2.24, 2.45) is 5.92 Å². The van der Waals surface area contributed by atoms with Gasteiger partial charge in [-0.1, -0.05) is 49.8 Å². The average molecular weight is 359 g/mol. The Morgan fingerprint density at radius 3 is 2.52 bits per heavy atom. The van der Waals surface area contributed by atoms with Gasteiger partial charge in [0.05, 0.1) is 5.75 Å². The number of hydrogen-bond acceptors (Lipinski definition) is 6. The van der Waals surface area contributed by atoms with Gasteiger partial charge in [0.15, 0.2) is 4.34 Å². The lowest BCUT2D eigenvalue weighted by atomic mass is 10.0. The normalized spacial score (nSPS) is 13.2. The van der Waals surface area contributed by atoms with Crippen LogP contribution in [0.25, 0.3) is 0 Å². The van der Waals surface area contributed by atoms with Gasteiger partial charge < -0.3 is 10.6 Å². The summed E-state index contributed by atoms with van der Waals surface area (Å²) < 4.78 is 0.819. The van der Waals surface area contributed by atoms with E-state index in [2.05, 4.69) is 62.4 Å². The highest BCUT2D eigenvalue weighted by Gasteiger charge is 2.14. The summed E-state index contributed by atoms with van der Waals surface area (Å²) in [6.07, 6.45) is 3.40. The molecule has 5 nitrogen and oxygen atoms in total. The minimum atomic E-state index is -0.0374. The van der Waals surface area contributed by atoms with E-state index in [1.165, 1.54) is 29.5 Å². The number of carbonyl (C=O) groups excluding carboxylic acids is 1. The number of amides is 1. The predicted molar refractivity (Wildman–Crippen MR) is 100 cm³/mol. The first-order valence-electron chi connectivity index (χ1n) is 8.19. The van der Waals surface area contributed by atoms with E-state index in [9.17, 15) is 4.79 Å². The fourth-order valence-corrected chi connectivity index (χ4v) is 3.76. The molecule has 0 spiro atoms. The van der Waals surface area contributed by atoms with Gasteiger partial charge in [0, 0.05) is 11.6 Å². The van der Waals surface area contributed by atoms with Crippen molar-refractivity contribution in [2.75, 3.05) is 11.1 Å². The number of thioether (sulfide) groups is 1. The Labute approximate surface area is 148 Å². The summed E-state index contributed by atoms with van der Waals surface area (Å²) in [5, 5.41) is 15.3. The van der Waals surface area contributed by atoms with Crippen LogP contribution in [0, 0.1) is 5.92 Å². The molecule has 0 saturated carbocycles. The lowest BCUT2D eigenvalue weighted by Gasteiger charge is -2.18. The van der Waals surface area contributed by atoms with Crippen molar-refractivity contribution in [2.45, 2.75) is 76.7 Å². The van der Waals surface area contributed by atoms with Crippen LogP contribution in [0.2, 0.25) is 0 Å². The third-order valence-electron chi connectivity index (χ3n) is 3.04. The van der Waals surface area contributed by atoms with Gasteiger partial charge >= 0.3 is 0 Å². The van der Waals surface area contributed by atoms with Gasteiger partial charge in [-0.05, 0) is 40.0 Å². The van der Waals surface area contributed by atoms with Crippen LogP contribution in [-0.2, 0) is 4.79 Å². The minimum Gasteiger partial charge on any atom is -0.355 e. The Kier molecular flexibility index (Phi) is 8.33. The average Bonchev–Trinajstić information content (AvgIpc) is 2.81. The molecule has 0 fully saturated rings. The van der Waals surface area contributed by atoms with E-state index >= 15 is 0 Å². The molecular weight excluding hydrogens is 328 g/mol. The first-order valence-corrected chi connectivity index (χ1v) is 10.00.